The number of likely N-dealkylation sites (tertiary alicyclic amines) is 2. The normalized spacial score (nSPS) is 19.9. The number of carboxylic acids is 1. The van der Waals surface area contributed by atoms with E-state index in [2.05, 4.69) is 21.9 Å². The van der Waals surface area contributed by atoms with Crippen LogP contribution < -0.4 is 4.74 Å². The second kappa shape index (κ2) is 10.0. The van der Waals surface area contributed by atoms with Crippen LogP contribution in [0.25, 0.3) is 0 Å². The van der Waals surface area contributed by atoms with E-state index in [4.69, 9.17) is 14.6 Å². The molecule has 2 aliphatic rings. The fourth-order valence-corrected chi connectivity index (χ4v) is 4.58. The lowest BCUT2D eigenvalue weighted by molar-refractivity contribution is -0.192. The van der Waals surface area contributed by atoms with E-state index in [0.29, 0.717) is 24.1 Å². The van der Waals surface area contributed by atoms with Crippen molar-refractivity contribution in [2.75, 3.05) is 33.3 Å². The largest absolute Gasteiger partial charge is 0.490 e. The highest BCUT2D eigenvalue weighted by molar-refractivity contribution is 7.09. The van der Waals surface area contributed by atoms with Crippen molar-refractivity contribution in [3.05, 3.63) is 40.5 Å². The van der Waals surface area contributed by atoms with Gasteiger partial charge >= 0.3 is 12.1 Å². The zero-order valence-electron chi connectivity index (χ0n) is 18.2. The van der Waals surface area contributed by atoms with Gasteiger partial charge in [-0.1, -0.05) is 6.07 Å². The summed E-state index contributed by atoms with van der Waals surface area (Å²) in [6.45, 7) is 5.21. The van der Waals surface area contributed by atoms with E-state index in [1.165, 1.54) is 11.3 Å². The zero-order chi connectivity index (χ0) is 24.2. The molecule has 2 aromatic rings. The molecule has 1 atom stereocenters. The minimum absolute atomic E-state index is 0.0558. The predicted molar refractivity (Wildman–Crippen MR) is 114 cm³/mol. The second-order valence-corrected chi connectivity index (χ2v) is 9.26. The first-order valence-corrected chi connectivity index (χ1v) is 11.1. The number of ether oxygens (including phenoxy) is 1. The maximum absolute atomic E-state index is 12.6. The Hall–Kier alpha value is -2.73. The summed E-state index contributed by atoms with van der Waals surface area (Å²) in [4.78, 5) is 34.4. The van der Waals surface area contributed by atoms with Crippen molar-refractivity contribution >= 4 is 23.2 Å². The molecule has 33 heavy (non-hydrogen) atoms. The Morgan fingerprint density at radius 2 is 2.03 bits per heavy atom. The summed E-state index contributed by atoms with van der Waals surface area (Å²) in [5, 5.41) is 9.92. The van der Waals surface area contributed by atoms with E-state index in [1.54, 1.807) is 6.20 Å². The number of alkyl halides is 3. The molecule has 1 amide bonds. The van der Waals surface area contributed by atoms with Crippen LogP contribution in [0.5, 0.6) is 5.88 Å². The summed E-state index contributed by atoms with van der Waals surface area (Å²) < 4.78 is 37.6. The van der Waals surface area contributed by atoms with Gasteiger partial charge in [-0.15, -0.1) is 11.3 Å². The number of piperidine rings is 1. The van der Waals surface area contributed by atoms with Crippen LogP contribution in [-0.4, -0.2) is 81.8 Å². The maximum Gasteiger partial charge on any atom is 0.490 e. The molecular weight excluding hydrogens is 461 g/mol. The van der Waals surface area contributed by atoms with Crippen LogP contribution in [0, 0.1) is 12.8 Å². The third-order valence-electron chi connectivity index (χ3n) is 5.79. The van der Waals surface area contributed by atoms with Crippen molar-refractivity contribution in [1.82, 2.24) is 19.8 Å². The predicted octanol–water partition coefficient (Wildman–Crippen LogP) is 3.10. The van der Waals surface area contributed by atoms with Gasteiger partial charge in [-0.2, -0.15) is 13.2 Å². The molecule has 4 heterocycles. The SMILES string of the molecule is Cc1nc(C(=O)N2CC3(CC(COc4ccccn4)CCN3C)C2)cs1.O=C(O)C(F)(F)F. The lowest BCUT2D eigenvalue weighted by Gasteiger charge is -2.58. The molecule has 2 aromatic heterocycles. The van der Waals surface area contributed by atoms with Crippen molar-refractivity contribution in [3.8, 4) is 5.88 Å². The molecule has 1 unspecified atom stereocenters. The van der Waals surface area contributed by atoms with Gasteiger partial charge in [0.05, 0.1) is 17.2 Å². The van der Waals surface area contributed by atoms with Gasteiger partial charge in [0.1, 0.15) is 5.69 Å². The van der Waals surface area contributed by atoms with Crippen LogP contribution in [0.2, 0.25) is 0 Å². The van der Waals surface area contributed by atoms with Gasteiger partial charge < -0.3 is 14.7 Å². The summed E-state index contributed by atoms with van der Waals surface area (Å²) in [7, 11) is 2.17. The number of nitrogens with zero attached hydrogens (tertiary/aromatic N) is 4. The molecule has 0 bridgehead atoms. The minimum atomic E-state index is -5.08. The molecule has 1 spiro atoms. The van der Waals surface area contributed by atoms with Crippen LogP contribution in [0.4, 0.5) is 13.2 Å². The molecular formula is C21H25F3N4O4S. The molecule has 180 valence electrons. The molecule has 2 fully saturated rings. The van der Waals surface area contributed by atoms with Gasteiger partial charge in [-0.05, 0) is 45.3 Å². The number of hydrogen-bond acceptors (Lipinski definition) is 7. The van der Waals surface area contributed by atoms with E-state index in [0.717, 1.165) is 37.5 Å². The number of aromatic nitrogens is 2. The quantitative estimate of drug-likeness (QED) is 0.710. The first-order valence-electron chi connectivity index (χ1n) is 10.3. The van der Waals surface area contributed by atoms with Crippen LogP contribution in [0.15, 0.2) is 29.8 Å². The Balaban J connectivity index is 0.000000383. The van der Waals surface area contributed by atoms with E-state index in [9.17, 15) is 18.0 Å². The number of aliphatic carboxylic acids is 1. The first kappa shape index (κ1) is 24.9. The standard InChI is InChI=1S/C19H24N4O2S.C2HF3O2/c1-14-21-16(11-26-14)18(24)23-12-19(13-23)9-15(6-8-22(19)2)10-25-17-5-3-4-7-20-17;3-2(4,5)1(6)7/h3-5,7,11,15H,6,8-10,12-13H2,1-2H3;(H,6,7). The summed E-state index contributed by atoms with van der Waals surface area (Å²) in [6.07, 6.45) is -1.17. The summed E-state index contributed by atoms with van der Waals surface area (Å²) in [5.74, 6) is -1.52. The van der Waals surface area contributed by atoms with Crippen LogP contribution in [-0.2, 0) is 4.79 Å². The van der Waals surface area contributed by atoms with Crippen LogP contribution in [0.1, 0.15) is 28.3 Å². The van der Waals surface area contributed by atoms with Gasteiger partial charge in [0.25, 0.3) is 5.91 Å². The lowest BCUT2D eigenvalue weighted by Crippen LogP contribution is -2.72. The number of carbonyl (C=O) groups is 2. The van der Waals surface area contributed by atoms with E-state index >= 15 is 0 Å². The highest BCUT2D eigenvalue weighted by Crippen LogP contribution is 2.39. The van der Waals surface area contributed by atoms with Gasteiger partial charge in [-0.25, -0.2) is 14.8 Å². The molecule has 0 aliphatic carbocycles. The maximum atomic E-state index is 12.6. The number of halogens is 3. The summed E-state index contributed by atoms with van der Waals surface area (Å²) in [6, 6.07) is 5.72. The Morgan fingerprint density at radius 3 is 2.58 bits per heavy atom. The molecule has 0 aromatic carbocycles. The number of likely N-dealkylation sites (N-methyl/N-ethyl adjacent to an activating group) is 1. The van der Waals surface area contributed by atoms with Gasteiger partial charge in [0.15, 0.2) is 0 Å². The Kier molecular flexibility index (Phi) is 7.58. The van der Waals surface area contributed by atoms with Crippen molar-refractivity contribution in [2.24, 2.45) is 5.92 Å². The number of hydrogen-bond donors (Lipinski definition) is 1. The third-order valence-corrected chi connectivity index (χ3v) is 6.57. The topological polar surface area (TPSA) is 95.9 Å². The van der Waals surface area contributed by atoms with Crippen molar-refractivity contribution in [1.29, 1.82) is 0 Å². The molecule has 2 saturated heterocycles. The minimum Gasteiger partial charge on any atom is -0.477 e. The molecule has 12 heteroatoms. The fraction of sp³-hybridized carbons (Fsp3) is 0.524. The number of thiazole rings is 1. The average molecular weight is 487 g/mol. The van der Waals surface area contributed by atoms with Gasteiger partial charge in [0.2, 0.25) is 5.88 Å². The lowest BCUT2D eigenvalue weighted by atomic mass is 9.75. The summed E-state index contributed by atoms with van der Waals surface area (Å²) >= 11 is 1.53. The molecule has 8 nitrogen and oxygen atoms in total. The Bertz CT molecular complexity index is 964. The zero-order valence-corrected chi connectivity index (χ0v) is 19.0. The summed E-state index contributed by atoms with van der Waals surface area (Å²) in [5.41, 5.74) is 0.660. The number of carbonyl (C=O) groups excluding carboxylic acids is 1. The molecule has 0 saturated carbocycles. The van der Waals surface area contributed by atoms with Crippen molar-refractivity contribution in [3.63, 3.8) is 0 Å². The van der Waals surface area contributed by atoms with E-state index in [1.807, 2.05) is 35.4 Å². The highest BCUT2D eigenvalue weighted by atomic mass is 32.1. The van der Waals surface area contributed by atoms with Crippen molar-refractivity contribution in [2.45, 2.75) is 31.5 Å². The van der Waals surface area contributed by atoms with Gasteiger partial charge in [-0.3, -0.25) is 9.69 Å². The molecule has 0 radical (unpaired) electrons. The smallest absolute Gasteiger partial charge is 0.477 e. The highest BCUT2D eigenvalue weighted by Gasteiger charge is 2.51. The number of carboxylic acid groups (broad SMARTS) is 1. The molecule has 1 N–H and O–H groups in total. The Morgan fingerprint density at radius 1 is 1.33 bits per heavy atom. The van der Waals surface area contributed by atoms with E-state index in [-0.39, 0.29) is 11.4 Å². The molecule has 4 rings (SSSR count). The van der Waals surface area contributed by atoms with Crippen LogP contribution in [0.3, 0.4) is 0 Å². The van der Waals surface area contributed by atoms with E-state index < -0.39 is 12.1 Å². The molecule has 2 aliphatic heterocycles. The monoisotopic (exact) mass is 486 g/mol. The van der Waals surface area contributed by atoms with Crippen LogP contribution >= 0.6 is 11.3 Å². The van der Waals surface area contributed by atoms with Crippen molar-refractivity contribution < 1.29 is 32.6 Å². The number of pyridine rings is 1. The van der Waals surface area contributed by atoms with Gasteiger partial charge in [0, 0.05) is 30.7 Å². The fourth-order valence-electron chi connectivity index (χ4n) is 3.99. The first-order chi connectivity index (χ1) is 15.5. The third kappa shape index (κ3) is 6.20. The Labute approximate surface area is 193 Å². The average Bonchev–Trinajstić information content (AvgIpc) is 3.18. The number of amides is 1. The number of aryl methyl sites for hydroxylation is 1. The number of rotatable bonds is 4. The second-order valence-electron chi connectivity index (χ2n) is 8.20.